The molecule has 0 saturated carbocycles. The van der Waals surface area contributed by atoms with Crippen molar-refractivity contribution in [1.29, 1.82) is 0 Å². The van der Waals surface area contributed by atoms with Crippen molar-refractivity contribution in [2.45, 2.75) is 6.92 Å². The Labute approximate surface area is 124 Å². The number of thiazole rings is 1. The van der Waals surface area contributed by atoms with Gasteiger partial charge in [0.25, 0.3) is 0 Å². The van der Waals surface area contributed by atoms with Gasteiger partial charge in [-0.1, -0.05) is 40.6 Å². The van der Waals surface area contributed by atoms with Gasteiger partial charge in [-0.3, -0.25) is 0 Å². The first-order valence-electron chi connectivity index (χ1n) is 5.29. The second kappa shape index (κ2) is 5.77. The van der Waals surface area contributed by atoms with Gasteiger partial charge in [-0.15, -0.1) is 0 Å². The first-order valence-corrected chi connectivity index (χ1v) is 6.86. The molecule has 2 rings (SSSR count). The molecule has 19 heavy (non-hydrogen) atoms. The minimum absolute atomic E-state index is 0.114. The number of esters is 1. The third kappa shape index (κ3) is 3.18. The van der Waals surface area contributed by atoms with Gasteiger partial charge in [-0.2, -0.15) is 0 Å². The lowest BCUT2D eigenvalue weighted by molar-refractivity contribution is 0.0606. The number of carbonyl (C=O) groups is 1. The summed E-state index contributed by atoms with van der Waals surface area (Å²) in [5.41, 5.74) is 1.76. The lowest BCUT2D eigenvalue weighted by Crippen LogP contribution is -1.98. The van der Waals surface area contributed by atoms with Crippen LogP contribution in [0.25, 0.3) is 0 Å². The SMILES string of the molecule is COC(=O)c1sc(Nc2ccc(C)cc2Cl)nc1Cl. The van der Waals surface area contributed by atoms with Crippen LogP contribution in [0.3, 0.4) is 0 Å². The van der Waals surface area contributed by atoms with Crippen molar-refractivity contribution in [2.75, 3.05) is 12.4 Å². The van der Waals surface area contributed by atoms with Crippen molar-refractivity contribution in [3.63, 3.8) is 0 Å². The van der Waals surface area contributed by atoms with Gasteiger partial charge in [0.15, 0.2) is 15.2 Å². The third-order valence-electron chi connectivity index (χ3n) is 2.32. The Bertz CT molecular complexity index is 628. The zero-order chi connectivity index (χ0) is 14.0. The van der Waals surface area contributed by atoms with Gasteiger partial charge >= 0.3 is 5.97 Å². The molecule has 1 aromatic carbocycles. The summed E-state index contributed by atoms with van der Waals surface area (Å²) in [5.74, 6) is -0.509. The van der Waals surface area contributed by atoms with Crippen LogP contribution in [0.1, 0.15) is 15.2 Å². The zero-order valence-electron chi connectivity index (χ0n) is 10.2. The third-order valence-corrected chi connectivity index (χ3v) is 3.97. The van der Waals surface area contributed by atoms with Crippen LogP contribution in [-0.2, 0) is 4.74 Å². The van der Waals surface area contributed by atoms with E-state index in [-0.39, 0.29) is 10.0 Å². The molecule has 0 saturated heterocycles. The first kappa shape index (κ1) is 14.1. The second-order valence-electron chi connectivity index (χ2n) is 3.74. The fourth-order valence-electron chi connectivity index (χ4n) is 1.41. The zero-order valence-corrected chi connectivity index (χ0v) is 12.5. The number of hydrogen-bond acceptors (Lipinski definition) is 5. The van der Waals surface area contributed by atoms with Crippen LogP contribution >= 0.6 is 34.5 Å². The molecule has 0 aliphatic rings. The number of anilines is 2. The molecule has 2 aromatic rings. The molecule has 0 fully saturated rings. The normalized spacial score (nSPS) is 10.3. The highest BCUT2D eigenvalue weighted by atomic mass is 35.5. The molecule has 1 aromatic heterocycles. The standard InChI is InChI=1S/C12H10Cl2N2O2S/c1-6-3-4-8(7(13)5-6)15-12-16-10(14)9(19-12)11(17)18-2/h3-5H,1-2H3,(H,15,16). The van der Waals surface area contributed by atoms with E-state index in [0.717, 1.165) is 16.9 Å². The highest BCUT2D eigenvalue weighted by Gasteiger charge is 2.17. The molecule has 0 aliphatic heterocycles. The molecule has 7 heteroatoms. The molecule has 100 valence electrons. The van der Waals surface area contributed by atoms with E-state index >= 15 is 0 Å². The number of aromatic nitrogens is 1. The minimum atomic E-state index is -0.509. The molecule has 0 radical (unpaired) electrons. The van der Waals surface area contributed by atoms with Crippen LogP contribution in [0, 0.1) is 6.92 Å². The number of carbonyl (C=O) groups excluding carboxylic acids is 1. The van der Waals surface area contributed by atoms with E-state index in [2.05, 4.69) is 15.0 Å². The van der Waals surface area contributed by atoms with Crippen molar-refractivity contribution in [1.82, 2.24) is 4.98 Å². The number of benzene rings is 1. The number of methoxy groups -OCH3 is 1. The molecule has 1 heterocycles. The van der Waals surface area contributed by atoms with Gasteiger partial charge in [0, 0.05) is 0 Å². The molecular weight excluding hydrogens is 307 g/mol. The van der Waals surface area contributed by atoms with Gasteiger partial charge in [-0.05, 0) is 24.6 Å². The Morgan fingerprint density at radius 3 is 2.79 bits per heavy atom. The highest BCUT2D eigenvalue weighted by Crippen LogP contribution is 2.32. The van der Waals surface area contributed by atoms with E-state index in [4.69, 9.17) is 23.2 Å². The van der Waals surface area contributed by atoms with E-state index < -0.39 is 5.97 Å². The van der Waals surface area contributed by atoms with Gasteiger partial charge in [0.2, 0.25) is 0 Å². The maximum absolute atomic E-state index is 11.4. The fraction of sp³-hybridized carbons (Fsp3) is 0.167. The molecule has 0 aliphatic carbocycles. The molecular formula is C12H10Cl2N2O2S. The number of halogens is 2. The minimum Gasteiger partial charge on any atom is -0.465 e. The van der Waals surface area contributed by atoms with E-state index in [0.29, 0.717) is 15.8 Å². The maximum atomic E-state index is 11.4. The Morgan fingerprint density at radius 1 is 1.42 bits per heavy atom. The Balaban J connectivity index is 2.26. The average molecular weight is 317 g/mol. The number of rotatable bonds is 3. The summed E-state index contributed by atoms with van der Waals surface area (Å²) < 4.78 is 4.61. The van der Waals surface area contributed by atoms with Gasteiger partial charge in [-0.25, -0.2) is 9.78 Å². The summed E-state index contributed by atoms with van der Waals surface area (Å²) in [7, 11) is 1.29. The van der Waals surface area contributed by atoms with Crippen molar-refractivity contribution in [3.05, 3.63) is 38.8 Å². The van der Waals surface area contributed by atoms with E-state index in [9.17, 15) is 4.79 Å². The smallest absolute Gasteiger partial charge is 0.351 e. The van der Waals surface area contributed by atoms with Gasteiger partial charge in [0.1, 0.15) is 0 Å². The number of nitrogens with one attached hydrogen (secondary N) is 1. The van der Waals surface area contributed by atoms with Crippen LogP contribution < -0.4 is 5.32 Å². The summed E-state index contributed by atoms with van der Waals surface area (Å²) in [4.78, 5) is 15.7. The molecule has 0 atom stereocenters. The molecule has 0 bridgehead atoms. The topological polar surface area (TPSA) is 51.2 Å². The van der Waals surface area contributed by atoms with Gasteiger partial charge < -0.3 is 10.1 Å². The van der Waals surface area contributed by atoms with Crippen LogP contribution in [0.2, 0.25) is 10.2 Å². The van der Waals surface area contributed by atoms with Crippen LogP contribution in [-0.4, -0.2) is 18.1 Å². The fourth-order valence-corrected chi connectivity index (χ4v) is 2.81. The predicted octanol–water partition coefficient (Wildman–Crippen LogP) is 4.29. The van der Waals surface area contributed by atoms with Crippen molar-refractivity contribution in [2.24, 2.45) is 0 Å². The number of ether oxygens (including phenoxy) is 1. The summed E-state index contributed by atoms with van der Waals surface area (Å²) in [6.07, 6.45) is 0. The molecule has 4 nitrogen and oxygen atoms in total. The van der Waals surface area contributed by atoms with Crippen molar-refractivity contribution < 1.29 is 9.53 Å². The number of aryl methyl sites for hydroxylation is 1. The monoisotopic (exact) mass is 316 g/mol. The van der Waals surface area contributed by atoms with Crippen molar-refractivity contribution >= 4 is 51.3 Å². The maximum Gasteiger partial charge on any atom is 0.351 e. The molecule has 0 amide bonds. The van der Waals surface area contributed by atoms with Crippen LogP contribution in [0.4, 0.5) is 10.8 Å². The number of nitrogens with zero attached hydrogens (tertiary/aromatic N) is 1. The molecule has 0 unspecified atom stereocenters. The predicted molar refractivity (Wildman–Crippen MR) is 77.9 cm³/mol. The largest absolute Gasteiger partial charge is 0.465 e. The average Bonchev–Trinajstić information content (AvgIpc) is 2.73. The van der Waals surface area contributed by atoms with Crippen molar-refractivity contribution in [3.8, 4) is 0 Å². The quantitative estimate of drug-likeness (QED) is 0.858. The van der Waals surface area contributed by atoms with E-state index in [1.807, 2.05) is 25.1 Å². The molecule has 1 N–H and O–H groups in total. The number of hydrogen-bond donors (Lipinski definition) is 1. The Hall–Kier alpha value is -1.30. The van der Waals surface area contributed by atoms with E-state index in [1.54, 1.807) is 0 Å². The van der Waals surface area contributed by atoms with Crippen LogP contribution in [0.15, 0.2) is 18.2 Å². The highest BCUT2D eigenvalue weighted by molar-refractivity contribution is 7.18. The van der Waals surface area contributed by atoms with Crippen LogP contribution in [0.5, 0.6) is 0 Å². The molecule has 0 spiro atoms. The summed E-state index contributed by atoms with van der Waals surface area (Å²) >= 11 is 13.1. The summed E-state index contributed by atoms with van der Waals surface area (Å²) in [6.45, 7) is 1.95. The Morgan fingerprint density at radius 2 is 2.16 bits per heavy atom. The Kier molecular flexibility index (Phi) is 4.29. The lowest BCUT2D eigenvalue weighted by Gasteiger charge is -2.05. The lowest BCUT2D eigenvalue weighted by atomic mass is 10.2. The summed E-state index contributed by atoms with van der Waals surface area (Å²) in [6, 6.07) is 5.59. The van der Waals surface area contributed by atoms with E-state index in [1.165, 1.54) is 7.11 Å². The van der Waals surface area contributed by atoms with Gasteiger partial charge in [0.05, 0.1) is 17.8 Å². The first-order chi connectivity index (χ1) is 9.01. The summed E-state index contributed by atoms with van der Waals surface area (Å²) in [5, 5.41) is 4.19. The second-order valence-corrected chi connectivity index (χ2v) is 5.50.